The molecule has 1 N–H and O–H groups in total. The van der Waals surface area contributed by atoms with Crippen molar-refractivity contribution in [2.45, 2.75) is 20.4 Å². The van der Waals surface area contributed by atoms with Crippen molar-refractivity contribution in [3.63, 3.8) is 0 Å². The van der Waals surface area contributed by atoms with Crippen LogP contribution in [0.25, 0.3) is 0 Å². The minimum absolute atomic E-state index is 0.683. The molecule has 4 heteroatoms. The number of nitrogens with zero attached hydrogens (tertiary/aromatic N) is 3. The summed E-state index contributed by atoms with van der Waals surface area (Å²) in [6.07, 6.45) is 1.86. The first-order chi connectivity index (χ1) is 9.20. The summed E-state index contributed by atoms with van der Waals surface area (Å²) in [5.41, 5.74) is 2.35. The van der Waals surface area contributed by atoms with Crippen LogP contribution < -0.4 is 10.2 Å². The molecule has 2 aromatic rings. The number of anilines is 2. The van der Waals surface area contributed by atoms with Crippen molar-refractivity contribution in [2.75, 3.05) is 23.8 Å². The van der Waals surface area contributed by atoms with Crippen molar-refractivity contribution in [1.29, 1.82) is 0 Å². The van der Waals surface area contributed by atoms with E-state index in [0.29, 0.717) is 5.95 Å². The fourth-order valence-corrected chi connectivity index (χ4v) is 1.99. The zero-order valence-corrected chi connectivity index (χ0v) is 11.7. The summed E-state index contributed by atoms with van der Waals surface area (Å²) in [7, 11) is 2.05. The normalized spacial score (nSPS) is 10.3. The Morgan fingerprint density at radius 2 is 1.95 bits per heavy atom. The monoisotopic (exact) mass is 256 g/mol. The van der Waals surface area contributed by atoms with Crippen LogP contribution in [0, 0.1) is 6.92 Å². The van der Waals surface area contributed by atoms with E-state index in [1.54, 1.807) is 0 Å². The highest BCUT2D eigenvalue weighted by molar-refractivity contribution is 5.48. The molecule has 0 aliphatic carbocycles. The van der Waals surface area contributed by atoms with Gasteiger partial charge in [0.15, 0.2) is 0 Å². The summed E-state index contributed by atoms with van der Waals surface area (Å²) in [4.78, 5) is 11.0. The topological polar surface area (TPSA) is 41.1 Å². The van der Waals surface area contributed by atoms with Gasteiger partial charge in [0.05, 0.1) is 0 Å². The number of aromatic nitrogens is 2. The van der Waals surface area contributed by atoms with Crippen molar-refractivity contribution < 1.29 is 0 Å². The Morgan fingerprint density at radius 3 is 2.63 bits per heavy atom. The zero-order chi connectivity index (χ0) is 13.7. The first-order valence-electron chi connectivity index (χ1n) is 6.53. The molecule has 0 fully saturated rings. The van der Waals surface area contributed by atoms with Gasteiger partial charge in [0.2, 0.25) is 5.95 Å². The van der Waals surface area contributed by atoms with E-state index in [-0.39, 0.29) is 0 Å². The van der Waals surface area contributed by atoms with Gasteiger partial charge in [-0.05, 0) is 19.4 Å². The van der Waals surface area contributed by atoms with Crippen molar-refractivity contribution in [2.24, 2.45) is 0 Å². The molecule has 2 rings (SSSR count). The molecule has 100 valence electrons. The largest absolute Gasteiger partial charge is 0.355 e. The van der Waals surface area contributed by atoms with Gasteiger partial charge < -0.3 is 10.2 Å². The van der Waals surface area contributed by atoms with E-state index in [1.165, 1.54) is 5.56 Å². The third-order valence-corrected chi connectivity index (χ3v) is 2.90. The van der Waals surface area contributed by atoms with Gasteiger partial charge in [0.1, 0.15) is 5.82 Å². The van der Waals surface area contributed by atoms with E-state index in [4.69, 9.17) is 0 Å². The van der Waals surface area contributed by atoms with Crippen molar-refractivity contribution in [3.8, 4) is 0 Å². The molecular formula is C15H20N4. The molecule has 0 atom stereocenters. The fraction of sp³-hybridized carbons (Fsp3) is 0.333. The molecule has 4 nitrogen and oxygen atoms in total. The lowest BCUT2D eigenvalue weighted by atomic mass is 10.2. The van der Waals surface area contributed by atoms with E-state index in [0.717, 1.165) is 24.5 Å². The van der Waals surface area contributed by atoms with E-state index >= 15 is 0 Å². The van der Waals surface area contributed by atoms with Gasteiger partial charge in [-0.25, -0.2) is 4.98 Å². The fourth-order valence-electron chi connectivity index (χ4n) is 1.99. The van der Waals surface area contributed by atoms with Crippen LogP contribution in [0.15, 0.2) is 36.5 Å². The molecule has 0 aliphatic rings. The quantitative estimate of drug-likeness (QED) is 0.893. The number of aryl methyl sites for hydroxylation is 1. The van der Waals surface area contributed by atoms with Gasteiger partial charge in [-0.1, -0.05) is 30.3 Å². The Balaban J connectivity index is 2.18. The number of benzene rings is 1. The molecule has 1 aromatic heterocycles. The summed E-state index contributed by atoms with van der Waals surface area (Å²) >= 11 is 0. The Kier molecular flexibility index (Phi) is 4.34. The highest BCUT2D eigenvalue weighted by atomic mass is 15.2. The van der Waals surface area contributed by atoms with E-state index in [1.807, 2.05) is 26.1 Å². The molecule has 0 bridgehead atoms. The highest BCUT2D eigenvalue weighted by Crippen LogP contribution is 2.18. The van der Waals surface area contributed by atoms with Gasteiger partial charge in [0, 0.05) is 31.9 Å². The van der Waals surface area contributed by atoms with Crippen LogP contribution >= 0.6 is 0 Å². The zero-order valence-electron chi connectivity index (χ0n) is 11.7. The summed E-state index contributed by atoms with van der Waals surface area (Å²) in [5.74, 6) is 1.65. The SMILES string of the molecule is CCNc1ncc(C)c(N(C)Cc2ccccc2)n1. The molecule has 0 radical (unpaired) electrons. The number of hydrogen-bond donors (Lipinski definition) is 1. The van der Waals surface area contributed by atoms with Crippen LogP contribution in [0.1, 0.15) is 18.1 Å². The average molecular weight is 256 g/mol. The van der Waals surface area contributed by atoms with Crippen LogP contribution in [0.5, 0.6) is 0 Å². The van der Waals surface area contributed by atoms with E-state index in [2.05, 4.69) is 51.5 Å². The Bertz CT molecular complexity index is 525. The lowest BCUT2D eigenvalue weighted by molar-refractivity contribution is 0.881. The van der Waals surface area contributed by atoms with Crippen molar-refractivity contribution in [3.05, 3.63) is 47.7 Å². The smallest absolute Gasteiger partial charge is 0.224 e. The van der Waals surface area contributed by atoms with Crippen LogP contribution in [0.2, 0.25) is 0 Å². The molecule has 0 spiro atoms. The lowest BCUT2D eigenvalue weighted by Gasteiger charge is -2.20. The van der Waals surface area contributed by atoms with Crippen LogP contribution in [0.4, 0.5) is 11.8 Å². The summed E-state index contributed by atoms with van der Waals surface area (Å²) in [6, 6.07) is 10.4. The van der Waals surface area contributed by atoms with Gasteiger partial charge >= 0.3 is 0 Å². The molecule has 0 saturated heterocycles. The van der Waals surface area contributed by atoms with E-state index in [9.17, 15) is 0 Å². The maximum atomic E-state index is 4.56. The highest BCUT2D eigenvalue weighted by Gasteiger charge is 2.09. The maximum Gasteiger partial charge on any atom is 0.224 e. The third-order valence-electron chi connectivity index (χ3n) is 2.90. The maximum absolute atomic E-state index is 4.56. The van der Waals surface area contributed by atoms with Crippen LogP contribution in [-0.2, 0) is 6.54 Å². The Hall–Kier alpha value is -2.10. The van der Waals surface area contributed by atoms with Crippen molar-refractivity contribution in [1.82, 2.24) is 9.97 Å². The third kappa shape index (κ3) is 3.44. The molecule has 0 unspecified atom stereocenters. The molecular weight excluding hydrogens is 236 g/mol. The standard InChI is InChI=1S/C15H20N4/c1-4-16-15-17-10-12(2)14(18-15)19(3)11-13-8-6-5-7-9-13/h5-10H,4,11H2,1-3H3,(H,16,17,18). The number of nitrogens with one attached hydrogen (secondary N) is 1. The van der Waals surface area contributed by atoms with Gasteiger partial charge in [-0.3, -0.25) is 0 Å². The van der Waals surface area contributed by atoms with Gasteiger partial charge in [-0.2, -0.15) is 4.98 Å². The van der Waals surface area contributed by atoms with Crippen molar-refractivity contribution >= 4 is 11.8 Å². The average Bonchev–Trinajstić information content (AvgIpc) is 2.42. The molecule has 1 heterocycles. The predicted molar refractivity (Wildman–Crippen MR) is 79.5 cm³/mol. The number of rotatable bonds is 5. The molecule has 0 aliphatic heterocycles. The second-order valence-corrected chi connectivity index (χ2v) is 4.57. The number of hydrogen-bond acceptors (Lipinski definition) is 4. The van der Waals surface area contributed by atoms with Crippen LogP contribution in [-0.4, -0.2) is 23.6 Å². The summed E-state index contributed by atoms with van der Waals surface area (Å²) in [6.45, 7) is 5.73. The predicted octanol–water partition coefficient (Wildman–Crippen LogP) is 2.85. The second kappa shape index (κ2) is 6.18. The van der Waals surface area contributed by atoms with Gasteiger partial charge in [-0.15, -0.1) is 0 Å². The minimum Gasteiger partial charge on any atom is -0.355 e. The lowest BCUT2D eigenvalue weighted by Crippen LogP contribution is -2.19. The molecule has 19 heavy (non-hydrogen) atoms. The summed E-state index contributed by atoms with van der Waals surface area (Å²) in [5, 5.41) is 3.14. The summed E-state index contributed by atoms with van der Waals surface area (Å²) < 4.78 is 0. The minimum atomic E-state index is 0.683. The Morgan fingerprint density at radius 1 is 1.21 bits per heavy atom. The van der Waals surface area contributed by atoms with Crippen LogP contribution in [0.3, 0.4) is 0 Å². The first-order valence-corrected chi connectivity index (χ1v) is 6.53. The molecule has 1 aromatic carbocycles. The first kappa shape index (κ1) is 13.3. The molecule has 0 saturated carbocycles. The van der Waals surface area contributed by atoms with Gasteiger partial charge in [0.25, 0.3) is 0 Å². The Labute approximate surface area is 114 Å². The molecule has 0 amide bonds. The van der Waals surface area contributed by atoms with E-state index < -0.39 is 0 Å². The second-order valence-electron chi connectivity index (χ2n) is 4.57.